The Morgan fingerprint density at radius 2 is 2.00 bits per heavy atom. The van der Waals surface area contributed by atoms with Crippen LogP contribution in [-0.2, 0) is 0 Å². The van der Waals surface area contributed by atoms with Crippen molar-refractivity contribution in [1.29, 1.82) is 0 Å². The second-order valence-corrected chi connectivity index (χ2v) is 6.11. The monoisotopic (exact) mass is 389 g/mol. The van der Waals surface area contributed by atoms with Crippen molar-refractivity contribution in [3.05, 3.63) is 46.1 Å². The second kappa shape index (κ2) is 5.55. The molecular formula is C14H11BrF3N3O2. The number of halogens is 4. The van der Waals surface area contributed by atoms with Gasteiger partial charge < -0.3 is 10.4 Å². The molecule has 0 fully saturated rings. The van der Waals surface area contributed by atoms with Gasteiger partial charge in [0.15, 0.2) is 6.04 Å². The molecule has 2 atom stereocenters. The zero-order chi connectivity index (χ0) is 16.8. The van der Waals surface area contributed by atoms with Gasteiger partial charge in [-0.3, -0.25) is 0 Å². The number of aromatic carboxylic acids is 1. The Kier molecular flexibility index (Phi) is 3.83. The molecule has 122 valence electrons. The molecule has 0 saturated carbocycles. The van der Waals surface area contributed by atoms with Gasteiger partial charge in [0.05, 0.1) is 12.2 Å². The lowest BCUT2D eigenvalue weighted by Gasteiger charge is -2.33. The van der Waals surface area contributed by atoms with Crippen LogP contribution in [-0.4, -0.2) is 27.0 Å². The zero-order valence-corrected chi connectivity index (χ0v) is 13.1. The minimum absolute atomic E-state index is 0.126. The molecule has 2 N–H and O–H groups in total. The highest BCUT2D eigenvalue weighted by Crippen LogP contribution is 2.44. The maximum atomic E-state index is 13.3. The highest BCUT2D eigenvalue weighted by Gasteiger charge is 2.47. The normalized spacial score (nSPS) is 20.7. The number of hydrogen-bond donors (Lipinski definition) is 2. The number of fused-ring (bicyclic) bond motifs is 1. The van der Waals surface area contributed by atoms with Gasteiger partial charge in [0, 0.05) is 10.9 Å². The summed E-state index contributed by atoms with van der Waals surface area (Å²) in [5.41, 5.74) is 0.368. The summed E-state index contributed by atoms with van der Waals surface area (Å²) in [6.45, 7) is 0. The standard InChI is InChI=1S/C14H11BrF3N3O2/c15-8-3-1-7(2-4-8)10-5-11(14(16,17)18)21-12(20-10)9(6-19-21)13(22)23/h1-4,6,10-11,20H,5H2,(H,22,23)/t10-,11+/m1/s1. The van der Waals surface area contributed by atoms with Gasteiger partial charge in [0.1, 0.15) is 11.4 Å². The van der Waals surface area contributed by atoms with Crippen LogP contribution in [0.4, 0.5) is 19.0 Å². The van der Waals surface area contributed by atoms with Crippen LogP contribution < -0.4 is 5.32 Å². The first-order chi connectivity index (χ1) is 10.8. The SMILES string of the molecule is O=C(O)c1cnn2c1N[C@@H](c1ccc(Br)cc1)C[C@H]2C(F)(F)F. The number of aromatic nitrogens is 2. The number of benzene rings is 1. The van der Waals surface area contributed by atoms with Gasteiger partial charge >= 0.3 is 12.1 Å². The highest BCUT2D eigenvalue weighted by molar-refractivity contribution is 9.10. The molecule has 0 spiro atoms. The number of carbonyl (C=O) groups is 1. The van der Waals surface area contributed by atoms with Gasteiger partial charge in [-0.05, 0) is 17.7 Å². The molecule has 0 aliphatic carbocycles. The van der Waals surface area contributed by atoms with E-state index in [2.05, 4.69) is 26.3 Å². The first-order valence-corrected chi connectivity index (χ1v) is 7.46. The largest absolute Gasteiger partial charge is 0.477 e. The van der Waals surface area contributed by atoms with Crippen molar-refractivity contribution in [1.82, 2.24) is 9.78 Å². The lowest BCUT2D eigenvalue weighted by molar-refractivity contribution is -0.173. The average Bonchev–Trinajstić information content (AvgIpc) is 2.89. The first-order valence-electron chi connectivity index (χ1n) is 6.67. The smallest absolute Gasteiger partial charge is 0.410 e. The van der Waals surface area contributed by atoms with E-state index >= 15 is 0 Å². The van der Waals surface area contributed by atoms with E-state index in [0.29, 0.717) is 10.2 Å². The molecule has 23 heavy (non-hydrogen) atoms. The van der Waals surface area contributed by atoms with E-state index in [9.17, 15) is 18.0 Å². The van der Waals surface area contributed by atoms with E-state index in [-0.39, 0.29) is 17.8 Å². The number of alkyl halides is 3. The summed E-state index contributed by atoms with van der Waals surface area (Å²) in [5.74, 6) is -1.45. The Morgan fingerprint density at radius 1 is 1.35 bits per heavy atom. The molecule has 2 aromatic rings. The van der Waals surface area contributed by atoms with E-state index in [4.69, 9.17) is 5.11 Å². The van der Waals surface area contributed by atoms with Crippen molar-refractivity contribution in [2.24, 2.45) is 0 Å². The lowest BCUT2D eigenvalue weighted by atomic mass is 9.96. The highest BCUT2D eigenvalue weighted by atomic mass is 79.9. The van der Waals surface area contributed by atoms with Crippen LogP contribution in [0.3, 0.4) is 0 Å². The summed E-state index contributed by atoms with van der Waals surface area (Å²) >= 11 is 3.27. The van der Waals surface area contributed by atoms with E-state index < -0.39 is 24.2 Å². The molecule has 1 aromatic carbocycles. The van der Waals surface area contributed by atoms with Crippen LogP contribution in [0.1, 0.15) is 34.4 Å². The minimum atomic E-state index is -4.52. The Bertz CT molecular complexity index is 743. The van der Waals surface area contributed by atoms with Crippen molar-refractivity contribution < 1.29 is 23.1 Å². The molecule has 0 amide bonds. The van der Waals surface area contributed by atoms with E-state index in [1.807, 2.05) is 0 Å². The number of nitrogens with zero attached hydrogens (tertiary/aromatic N) is 2. The number of rotatable bonds is 2. The second-order valence-electron chi connectivity index (χ2n) is 5.20. The molecule has 0 radical (unpaired) electrons. The fourth-order valence-corrected chi connectivity index (χ4v) is 2.90. The maximum Gasteiger partial charge on any atom is 0.410 e. The van der Waals surface area contributed by atoms with Crippen LogP contribution in [0.15, 0.2) is 34.9 Å². The Morgan fingerprint density at radius 3 is 2.57 bits per heavy atom. The average molecular weight is 390 g/mol. The molecule has 9 heteroatoms. The summed E-state index contributed by atoms with van der Waals surface area (Å²) < 4.78 is 41.5. The van der Waals surface area contributed by atoms with E-state index in [0.717, 1.165) is 10.7 Å². The van der Waals surface area contributed by atoms with E-state index in [1.54, 1.807) is 24.3 Å². The number of hydrogen-bond acceptors (Lipinski definition) is 3. The molecule has 3 rings (SSSR count). The Hall–Kier alpha value is -2.03. The van der Waals surface area contributed by atoms with Gasteiger partial charge in [-0.25, -0.2) is 9.48 Å². The Balaban J connectivity index is 2.05. The molecule has 0 bridgehead atoms. The third-order valence-electron chi connectivity index (χ3n) is 3.74. The topological polar surface area (TPSA) is 67.1 Å². The summed E-state index contributed by atoms with van der Waals surface area (Å²) in [6, 6.07) is 4.31. The van der Waals surface area contributed by atoms with Gasteiger partial charge in [-0.2, -0.15) is 18.3 Å². The fraction of sp³-hybridized carbons (Fsp3) is 0.286. The van der Waals surface area contributed by atoms with E-state index in [1.165, 1.54) is 0 Å². The molecule has 1 aromatic heterocycles. The quantitative estimate of drug-likeness (QED) is 0.814. The Labute approximate surface area is 137 Å². The molecule has 0 unspecified atom stereocenters. The van der Waals surface area contributed by atoms with Crippen LogP contribution >= 0.6 is 15.9 Å². The maximum absolute atomic E-state index is 13.3. The molecule has 1 aliphatic heterocycles. The first kappa shape index (κ1) is 15.9. The van der Waals surface area contributed by atoms with Crippen molar-refractivity contribution in [2.45, 2.75) is 24.7 Å². The summed E-state index contributed by atoms with van der Waals surface area (Å²) in [6.07, 6.45) is -3.85. The van der Waals surface area contributed by atoms with Crippen molar-refractivity contribution in [3.8, 4) is 0 Å². The van der Waals surface area contributed by atoms with Crippen LogP contribution in [0, 0.1) is 0 Å². The summed E-state index contributed by atoms with van der Waals surface area (Å²) in [5, 5.41) is 15.6. The zero-order valence-electron chi connectivity index (χ0n) is 11.5. The number of carboxylic acid groups (broad SMARTS) is 1. The third kappa shape index (κ3) is 2.92. The number of carboxylic acids is 1. The molecule has 5 nitrogen and oxygen atoms in total. The summed E-state index contributed by atoms with van der Waals surface area (Å²) in [4.78, 5) is 11.2. The predicted octanol–water partition coefficient (Wildman–Crippen LogP) is 4.00. The fourth-order valence-electron chi connectivity index (χ4n) is 2.63. The molecule has 1 aliphatic rings. The number of anilines is 1. The third-order valence-corrected chi connectivity index (χ3v) is 4.27. The van der Waals surface area contributed by atoms with Crippen molar-refractivity contribution in [3.63, 3.8) is 0 Å². The molecule has 2 heterocycles. The predicted molar refractivity (Wildman–Crippen MR) is 79.4 cm³/mol. The van der Waals surface area contributed by atoms with Crippen molar-refractivity contribution in [2.75, 3.05) is 5.32 Å². The van der Waals surface area contributed by atoms with Gasteiger partial charge in [0.25, 0.3) is 0 Å². The van der Waals surface area contributed by atoms with Crippen LogP contribution in [0.5, 0.6) is 0 Å². The molecular weight excluding hydrogens is 379 g/mol. The van der Waals surface area contributed by atoms with Gasteiger partial charge in [0.2, 0.25) is 0 Å². The van der Waals surface area contributed by atoms with Gasteiger partial charge in [-0.15, -0.1) is 0 Å². The number of nitrogens with one attached hydrogen (secondary N) is 1. The molecule has 0 saturated heterocycles. The van der Waals surface area contributed by atoms with Crippen LogP contribution in [0.2, 0.25) is 0 Å². The van der Waals surface area contributed by atoms with Gasteiger partial charge in [-0.1, -0.05) is 28.1 Å². The van der Waals surface area contributed by atoms with Crippen LogP contribution in [0.25, 0.3) is 0 Å². The minimum Gasteiger partial charge on any atom is -0.477 e. The summed E-state index contributed by atoms with van der Waals surface area (Å²) in [7, 11) is 0. The van der Waals surface area contributed by atoms with Crippen molar-refractivity contribution >= 4 is 27.7 Å². The lowest BCUT2D eigenvalue weighted by Crippen LogP contribution is -2.36.